The van der Waals surface area contributed by atoms with E-state index in [1.165, 1.54) is 6.07 Å². The van der Waals surface area contributed by atoms with Gasteiger partial charge in [-0.3, -0.25) is 9.69 Å². The van der Waals surface area contributed by atoms with E-state index in [1.807, 2.05) is 51.2 Å². The molecule has 0 spiro atoms. The van der Waals surface area contributed by atoms with Gasteiger partial charge in [-0.2, -0.15) is 4.99 Å². The Hall–Kier alpha value is -5.24. The molecule has 0 bridgehead atoms. The lowest BCUT2D eigenvalue weighted by molar-refractivity contribution is -0.109. The highest BCUT2D eigenvalue weighted by molar-refractivity contribution is 6.01. The molecule has 1 saturated heterocycles. The summed E-state index contributed by atoms with van der Waals surface area (Å²) >= 11 is 0. The van der Waals surface area contributed by atoms with E-state index in [-0.39, 0.29) is 23.8 Å². The zero-order valence-corrected chi connectivity index (χ0v) is 27.2. The Labute approximate surface area is 273 Å². The lowest BCUT2D eigenvalue weighted by Crippen LogP contribution is -2.41. The fraction of sp³-hybridized carbons (Fsp3) is 0.394. The number of carbonyl (C=O) groups excluding carboxylic acids is 2. The zero-order chi connectivity index (χ0) is 33.3. The molecule has 1 saturated carbocycles. The van der Waals surface area contributed by atoms with E-state index >= 15 is 0 Å². The van der Waals surface area contributed by atoms with Crippen LogP contribution in [0.15, 0.2) is 57.9 Å². The number of amidine groups is 1. The van der Waals surface area contributed by atoms with Crippen LogP contribution in [0, 0.1) is 6.92 Å². The molecule has 6 rings (SSSR count). The van der Waals surface area contributed by atoms with E-state index in [4.69, 9.17) is 15.0 Å². The number of aliphatic imine (C=N–C) groups is 1. The Morgan fingerprint density at radius 1 is 1.28 bits per heavy atom. The van der Waals surface area contributed by atoms with Crippen molar-refractivity contribution in [3.63, 3.8) is 0 Å². The molecule has 1 aliphatic carbocycles. The highest BCUT2D eigenvalue weighted by Gasteiger charge is 2.27. The smallest absolute Gasteiger partial charge is 0.290 e. The molecule has 1 unspecified atom stereocenters. The number of nitrogens with one attached hydrogen (secondary N) is 4. The maximum absolute atomic E-state index is 11.8. The molecule has 2 fully saturated rings. The maximum atomic E-state index is 11.8. The second kappa shape index (κ2) is 15.4. The first-order valence-electron chi connectivity index (χ1n) is 15.7. The van der Waals surface area contributed by atoms with Crippen molar-refractivity contribution in [1.29, 1.82) is 0 Å². The molecule has 3 aromatic heterocycles. The predicted molar refractivity (Wildman–Crippen MR) is 181 cm³/mol. The summed E-state index contributed by atoms with van der Waals surface area (Å²) in [4.78, 5) is 40.9. The number of carbonyl (C=O) groups is 2. The molecule has 2 aliphatic rings. The number of aromatic nitrogens is 4. The molecule has 4 heterocycles. The van der Waals surface area contributed by atoms with Gasteiger partial charge >= 0.3 is 0 Å². The molecular weight excluding hydrogens is 600 g/mol. The van der Waals surface area contributed by atoms with Crippen LogP contribution in [0.4, 0.5) is 11.6 Å². The molecule has 47 heavy (non-hydrogen) atoms. The molecule has 6 N–H and O–H groups in total. The third-order valence-corrected chi connectivity index (χ3v) is 7.89. The average molecular weight is 643 g/mol. The molecule has 248 valence electrons. The van der Waals surface area contributed by atoms with Crippen molar-refractivity contribution in [2.24, 2.45) is 10.7 Å². The number of para-hydroxylation sites is 1. The van der Waals surface area contributed by atoms with Crippen LogP contribution in [-0.4, -0.2) is 88.9 Å². The van der Waals surface area contributed by atoms with Crippen LogP contribution >= 0.6 is 0 Å². The summed E-state index contributed by atoms with van der Waals surface area (Å²) in [6, 6.07) is 7.92. The minimum absolute atomic E-state index is 0.0249. The maximum Gasteiger partial charge on any atom is 0.290 e. The molecule has 14 nitrogen and oxygen atoms in total. The van der Waals surface area contributed by atoms with E-state index in [0.717, 1.165) is 77.6 Å². The number of hydrogen-bond acceptors (Lipinski definition) is 11. The first-order chi connectivity index (χ1) is 22.8. The molecule has 4 aromatic rings. The summed E-state index contributed by atoms with van der Waals surface area (Å²) in [7, 11) is 3.73. The second-order valence-corrected chi connectivity index (χ2v) is 11.6. The number of ether oxygens (including phenoxy) is 1. The predicted octanol–water partition coefficient (Wildman–Crippen LogP) is 3.70. The van der Waals surface area contributed by atoms with Crippen molar-refractivity contribution < 1.29 is 18.8 Å². The van der Waals surface area contributed by atoms with Crippen LogP contribution in [0.1, 0.15) is 48.7 Å². The lowest BCUT2D eigenvalue weighted by atomic mass is 10.1. The van der Waals surface area contributed by atoms with E-state index in [2.05, 4.69) is 47.1 Å². The van der Waals surface area contributed by atoms with Crippen LogP contribution in [0.25, 0.3) is 22.2 Å². The number of piperidine rings is 1. The summed E-state index contributed by atoms with van der Waals surface area (Å²) in [6.07, 6.45) is 10.3. The van der Waals surface area contributed by atoms with E-state index in [1.54, 1.807) is 12.3 Å². The highest BCUT2D eigenvalue weighted by atomic mass is 16.5. The summed E-state index contributed by atoms with van der Waals surface area (Å²) in [5.74, 6) is 0.947. The SMILES string of the molecule is CN/C(C)=C\C(N)=N/c1ncc(C)c(-c2c[nH]c3c(NC)cccc23)n1.O=CCN1CCCC(Oc2cc(C(=O)NC3CC3)on2)C1. The van der Waals surface area contributed by atoms with E-state index in [0.29, 0.717) is 30.8 Å². The first-order valence-corrected chi connectivity index (χ1v) is 15.7. The Morgan fingerprint density at radius 3 is 2.85 bits per heavy atom. The largest absolute Gasteiger partial charge is 0.471 e. The van der Waals surface area contributed by atoms with Crippen molar-refractivity contribution in [3.05, 3.63) is 59.8 Å². The molecule has 0 radical (unpaired) electrons. The molecule has 1 atom stereocenters. The van der Waals surface area contributed by atoms with Gasteiger partial charge in [0.1, 0.15) is 18.2 Å². The van der Waals surface area contributed by atoms with E-state index in [9.17, 15) is 9.59 Å². The molecular formula is C33H42N10O4. The van der Waals surface area contributed by atoms with Gasteiger partial charge < -0.3 is 40.7 Å². The van der Waals surface area contributed by atoms with Gasteiger partial charge in [-0.05, 0) is 68.9 Å². The monoisotopic (exact) mass is 642 g/mol. The normalized spacial score (nSPS) is 17.1. The topological polar surface area (TPSA) is 189 Å². The number of H-pyrrole nitrogens is 1. The van der Waals surface area contributed by atoms with Crippen LogP contribution in [-0.2, 0) is 4.79 Å². The van der Waals surface area contributed by atoms with Gasteiger partial charge in [0.05, 0.1) is 29.5 Å². The van der Waals surface area contributed by atoms with Gasteiger partial charge in [-0.1, -0.05) is 12.1 Å². The minimum atomic E-state index is -0.244. The number of allylic oxidation sites excluding steroid dienone is 1. The van der Waals surface area contributed by atoms with Crippen LogP contribution < -0.4 is 26.4 Å². The number of nitrogens with two attached hydrogens (primary N) is 1. The first kappa shape index (κ1) is 33.1. The average Bonchev–Trinajstić information content (AvgIpc) is 3.57. The third kappa shape index (κ3) is 8.73. The number of fused-ring (bicyclic) bond motifs is 1. The van der Waals surface area contributed by atoms with Gasteiger partial charge in [0.25, 0.3) is 17.7 Å². The highest BCUT2D eigenvalue weighted by Crippen LogP contribution is 2.33. The van der Waals surface area contributed by atoms with Crippen LogP contribution in [0.2, 0.25) is 0 Å². The summed E-state index contributed by atoms with van der Waals surface area (Å²) in [5.41, 5.74) is 11.8. The summed E-state index contributed by atoms with van der Waals surface area (Å²) in [5, 5.41) is 13.9. The summed E-state index contributed by atoms with van der Waals surface area (Å²) < 4.78 is 10.8. The van der Waals surface area contributed by atoms with Crippen molar-refractivity contribution >= 4 is 40.6 Å². The number of likely N-dealkylation sites (tertiary alicyclic amines) is 1. The second-order valence-electron chi connectivity index (χ2n) is 11.6. The van der Waals surface area contributed by atoms with Gasteiger partial charge in [0, 0.05) is 55.7 Å². The number of aryl methyl sites for hydroxylation is 1. The lowest BCUT2D eigenvalue weighted by Gasteiger charge is -2.30. The van der Waals surface area contributed by atoms with Crippen LogP contribution in [0.3, 0.4) is 0 Å². The quantitative estimate of drug-likeness (QED) is 0.0912. The number of aromatic amines is 1. The third-order valence-electron chi connectivity index (χ3n) is 7.89. The zero-order valence-electron chi connectivity index (χ0n) is 27.2. The molecule has 1 aliphatic heterocycles. The number of benzene rings is 1. The van der Waals surface area contributed by atoms with Crippen molar-refractivity contribution in [2.45, 2.75) is 51.7 Å². The molecule has 14 heteroatoms. The Kier molecular flexibility index (Phi) is 10.8. The number of amides is 1. The fourth-order valence-electron chi connectivity index (χ4n) is 5.22. The van der Waals surface area contributed by atoms with Gasteiger partial charge in [0.2, 0.25) is 5.76 Å². The number of anilines is 1. The number of hydrogen-bond donors (Lipinski definition) is 5. The van der Waals surface area contributed by atoms with Crippen LogP contribution in [0.5, 0.6) is 5.88 Å². The Bertz CT molecular complexity index is 1760. The van der Waals surface area contributed by atoms with Crippen molar-refractivity contribution in [3.8, 4) is 17.1 Å². The number of nitrogens with zero attached hydrogens (tertiary/aromatic N) is 5. The van der Waals surface area contributed by atoms with Gasteiger partial charge in [0.15, 0.2) is 0 Å². The Balaban J connectivity index is 0.000000189. The van der Waals surface area contributed by atoms with Crippen molar-refractivity contribution in [1.82, 2.24) is 35.6 Å². The molecule has 1 aromatic carbocycles. The fourth-order valence-corrected chi connectivity index (χ4v) is 5.22. The number of rotatable bonds is 11. The molecule has 1 amide bonds. The summed E-state index contributed by atoms with van der Waals surface area (Å²) in [6.45, 7) is 5.92. The van der Waals surface area contributed by atoms with Crippen molar-refractivity contribution in [2.75, 3.05) is 39.0 Å². The minimum Gasteiger partial charge on any atom is -0.471 e. The standard InChI is InChI=1S/C19H23N7.C14H19N3O4/c1-11-9-24-19(25-16(20)8-12(2)21-3)26-17(11)14-10-23-18-13(14)6-5-7-15(18)22-4;18-7-6-17-5-1-2-11(9-17)20-13-8-12(21-16-13)14(19)15-10-3-4-10/h5-10,21-23H,1-4H3,(H2,20,24,25,26);7-8,10-11H,1-6,9H2,(H,15,19)/b12-8-;. The van der Waals surface area contributed by atoms with Gasteiger partial charge in [-0.15, -0.1) is 0 Å². The number of aldehydes is 1. The van der Waals surface area contributed by atoms with E-state index < -0.39 is 0 Å². The Morgan fingerprint density at radius 2 is 2.11 bits per heavy atom. The van der Waals surface area contributed by atoms with Gasteiger partial charge in [-0.25, -0.2) is 9.97 Å².